The Kier molecular flexibility index (Phi) is 3.30. The molecular weight excluding hydrogens is 262 g/mol. The average molecular weight is 269 g/mol. The van der Waals surface area contributed by atoms with Gasteiger partial charge in [0.05, 0.1) is 10.6 Å². The molecule has 0 atom stereocenters. The van der Waals surface area contributed by atoms with E-state index in [1.807, 2.05) is 0 Å². The van der Waals surface area contributed by atoms with Gasteiger partial charge in [0, 0.05) is 5.56 Å². The SMILES string of the molecule is O=C(O)c1cc(F)c(-c2cccc(F)c2)cc1Cl. The molecule has 0 aromatic heterocycles. The van der Waals surface area contributed by atoms with Crippen LogP contribution in [0.3, 0.4) is 0 Å². The van der Waals surface area contributed by atoms with Crippen molar-refractivity contribution < 1.29 is 18.7 Å². The molecule has 0 aliphatic heterocycles. The number of hydrogen-bond acceptors (Lipinski definition) is 1. The number of aromatic carboxylic acids is 1. The summed E-state index contributed by atoms with van der Waals surface area (Å²) in [6, 6.07) is 7.32. The smallest absolute Gasteiger partial charge is 0.337 e. The maximum Gasteiger partial charge on any atom is 0.337 e. The minimum atomic E-state index is -1.32. The van der Waals surface area contributed by atoms with Crippen LogP contribution >= 0.6 is 11.6 Å². The van der Waals surface area contributed by atoms with Gasteiger partial charge >= 0.3 is 5.97 Å². The minimum absolute atomic E-state index is 0.0597. The number of carboxylic acids is 1. The lowest BCUT2D eigenvalue weighted by atomic mass is 10.0. The second-order valence-corrected chi connectivity index (χ2v) is 4.03. The summed E-state index contributed by atoms with van der Waals surface area (Å²) in [5, 5.41) is 8.69. The first-order chi connectivity index (χ1) is 8.49. The standard InChI is InChI=1S/C13H7ClF2O2/c14-11-5-9(7-2-1-3-8(15)4-7)12(16)6-10(11)13(17)18/h1-6H,(H,17,18). The molecule has 0 bridgehead atoms. The lowest BCUT2D eigenvalue weighted by molar-refractivity contribution is 0.0696. The van der Waals surface area contributed by atoms with Gasteiger partial charge < -0.3 is 5.11 Å². The van der Waals surface area contributed by atoms with Crippen LogP contribution in [0, 0.1) is 11.6 Å². The molecule has 2 aromatic carbocycles. The molecular formula is C13H7ClF2O2. The summed E-state index contributed by atoms with van der Waals surface area (Å²) in [4.78, 5) is 10.8. The normalized spacial score (nSPS) is 10.4. The Hall–Kier alpha value is -1.94. The van der Waals surface area contributed by atoms with Crippen molar-refractivity contribution in [2.24, 2.45) is 0 Å². The van der Waals surface area contributed by atoms with E-state index in [4.69, 9.17) is 16.7 Å². The Morgan fingerprint density at radius 1 is 1.17 bits per heavy atom. The number of benzene rings is 2. The highest BCUT2D eigenvalue weighted by Crippen LogP contribution is 2.29. The van der Waals surface area contributed by atoms with Gasteiger partial charge in [-0.25, -0.2) is 13.6 Å². The van der Waals surface area contributed by atoms with Crippen molar-refractivity contribution in [3.8, 4) is 11.1 Å². The Balaban J connectivity index is 2.60. The van der Waals surface area contributed by atoms with Gasteiger partial charge in [-0.1, -0.05) is 23.7 Å². The molecule has 0 unspecified atom stereocenters. The highest BCUT2D eigenvalue weighted by atomic mass is 35.5. The lowest BCUT2D eigenvalue weighted by Crippen LogP contribution is -1.99. The maximum atomic E-state index is 13.8. The Morgan fingerprint density at radius 3 is 2.50 bits per heavy atom. The third kappa shape index (κ3) is 2.33. The van der Waals surface area contributed by atoms with Gasteiger partial charge in [-0.15, -0.1) is 0 Å². The van der Waals surface area contributed by atoms with E-state index in [0.717, 1.165) is 12.1 Å². The Bertz CT molecular complexity index is 626. The molecule has 0 spiro atoms. The molecule has 1 N–H and O–H groups in total. The van der Waals surface area contributed by atoms with Gasteiger partial charge in [0.2, 0.25) is 0 Å². The summed E-state index contributed by atoms with van der Waals surface area (Å²) in [7, 11) is 0. The fraction of sp³-hybridized carbons (Fsp3) is 0. The molecule has 0 amide bonds. The van der Waals surface area contributed by atoms with Crippen molar-refractivity contribution in [1.29, 1.82) is 0 Å². The van der Waals surface area contributed by atoms with Gasteiger partial charge in [0.15, 0.2) is 0 Å². The first kappa shape index (κ1) is 12.5. The lowest BCUT2D eigenvalue weighted by Gasteiger charge is -2.06. The molecule has 2 nitrogen and oxygen atoms in total. The van der Waals surface area contributed by atoms with E-state index in [2.05, 4.69) is 0 Å². The van der Waals surface area contributed by atoms with Crippen LogP contribution in [0.25, 0.3) is 11.1 Å². The second kappa shape index (κ2) is 4.74. The highest BCUT2D eigenvalue weighted by Gasteiger charge is 2.15. The maximum absolute atomic E-state index is 13.8. The average Bonchev–Trinajstić information content (AvgIpc) is 2.31. The van der Waals surface area contributed by atoms with Crippen LogP contribution in [0.5, 0.6) is 0 Å². The summed E-state index contributed by atoms with van der Waals surface area (Å²) in [6.07, 6.45) is 0. The van der Waals surface area contributed by atoms with Crippen molar-refractivity contribution in [3.63, 3.8) is 0 Å². The van der Waals surface area contributed by atoms with Gasteiger partial charge in [-0.05, 0) is 29.8 Å². The van der Waals surface area contributed by atoms with Crippen molar-refractivity contribution in [3.05, 3.63) is 58.6 Å². The number of carboxylic acid groups (broad SMARTS) is 1. The van der Waals surface area contributed by atoms with Crippen LogP contribution in [0.15, 0.2) is 36.4 Å². The summed E-state index contributed by atoms with van der Waals surface area (Å²) in [5.41, 5.74) is 0.0326. The quantitative estimate of drug-likeness (QED) is 0.894. The predicted octanol–water partition coefficient (Wildman–Crippen LogP) is 3.98. The number of carbonyl (C=O) groups is 1. The molecule has 18 heavy (non-hydrogen) atoms. The highest BCUT2D eigenvalue weighted by molar-refractivity contribution is 6.33. The van der Waals surface area contributed by atoms with E-state index in [1.165, 1.54) is 24.3 Å². The van der Waals surface area contributed by atoms with E-state index < -0.39 is 17.6 Å². The second-order valence-electron chi connectivity index (χ2n) is 3.63. The molecule has 5 heteroatoms. The summed E-state index contributed by atoms with van der Waals surface area (Å²) < 4.78 is 26.8. The van der Waals surface area contributed by atoms with Crippen molar-refractivity contribution >= 4 is 17.6 Å². The molecule has 0 heterocycles. The van der Waals surface area contributed by atoms with E-state index in [-0.39, 0.29) is 16.1 Å². The van der Waals surface area contributed by atoms with Crippen molar-refractivity contribution in [2.75, 3.05) is 0 Å². The monoisotopic (exact) mass is 268 g/mol. The largest absolute Gasteiger partial charge is 0.478 e. The van der Waals surface area contributed by atoms with Crippen LogP contribution in [-0.2, 0) is 0 Å². The van der Waals surface area contributed by atoms with Crippen LogP contribution < -0.4 is 0 Å². The predicted molar refractivity (Wildman–Crippen MR) is 63.8 cm³/mol. The topological polar surface area (TPSA) is 37.3 Å². The fourth-order valence-electron chi connectivity index (χ4n) is 1.59. The molecule has 0 saturated heterocycles. The summed E-state index contributed by atoms with van der Waals surface area (Å²) in [5.74, 6) is -2.59. The van der Waals surface area contributed by atoms with E-state index in [0.29, 0.717) is 5.56 Å². The third-order valence-electron chi connectivity index (χ3n) is 2.42. The zero-order chi connectivity index (χ0) is 13.3. The van der Waals surface area contributed by atoms with Gasteiger partial charge in [-0.2, -0.15) is 0 Å². The molecule has 0 radical (unpaired) electrons. The van der Waals surface area contributed by atoms with E-state index in [1.54, 1.807) is 0 Å². The van der Waals surface area contributed by atoms with Crippen LogP contribution in [0.1, 0.15) is 10.4 Å². The van der Waals surface area contributed by atoms with Crippen LogP contribution in [-0.4, -0.2) is 11.1 Å². The first-order valence-corrected chi connectivity index (χ1v) is 5.35. The number of hydrogen-bond donors (Lipinski definition) is 1. The van der Waals surface area contributed by atoms with E-state index >= 15 is 0 Å². The molecule has 0 saturated carbocycles. The van der Waals surface area contributed by atoms with Gasteiger partial charge in [0.25, 0.3) is 0 Å². The van der Waals surface area contributed by atoms with Crippen molar-refractivity contribution in [2.45, 2.75) is 0 Å². The number of rotatable bonds is 2. The van der Waals surface area contributed by atoms with E-state index in [9.17, 15) is 13.6 Å². The molecule has 0 fully saturated rings. The first-order valence-electron chi connectivity index (χ1n) is 4.97. The van der Waals surface area contributed by atoms with Crippen LogP contribution in [0.4, 0.5) is 8.78 Å². The zero-order valence-electron chi connectivity index (χ0n) is 8.95. The molecule has 0 aliphatic rings. The van der Waals surface area contributed by atoms with Gasteiger partial charge in [0.1, 0.15) is 11.6 Å². The molecule has 92 valence electrons. The Morgan fingerprint density at radius 2 is 1.89 bits per heavy atom. The molecule has 0 aliphatic carbocycles. The van der Waals surface area contributed by atoms with Crippen molar-refractivity contribution in [1.82, 2.24) is 0 Å². The minimum Gasteiger partial charge on any atom is -0.478 e. The zero-order valence-corrected chi connectivity index (χ0v) is 9.71. The van der Waals surface area contributed by atoms with Crippen LogP contribution in [0.2, 0.25) is 5.02 Å². The molecule has 2 rings (SSSR count). The Labute approximate surface area is 106 Å². The molecule has 2 aromatic rings. The van der Waals surface area contributed by atoms with Gasteiger partial charge in [-0.3, -0.25) is 0 Å². The summed E-state index contributed by atoms with van der Waals surface area (Å²) in [6.45, 7) is 0. The number of halogens is 3. The summed E-state index contributed by atoms with van der Waals surface area (Å²) >= 11 is 5.74. The fourth-order valence-corrected chi connectivity index (χ4v) is 1.83. The third-order valence-corrected chi connectivity index (χ3v) is 2.74.